The zero-order valence-electron chi connectivity index (χ0n) is 15.3. The number of fused-ring (bicyclic) bond motifs is 4. The molecule has 3 aliphatic rings. The summed E-state index contributed by atoms with van der Waals surface area (Å²) in [6.45, 7) is 4.32. The van der Waals surface area contributed by atoms with Crippen LogP contribution in [0.25, 0.3) is 16.4 Å². The van der Waals surface area contributed by atoms with E-state index in [2.05, 4.69) is 13.2 Å². The highest BCUT2D eigenvalue weighted by Gasteiger charge is 2.33. The van der Waals surface area contributed by atoms with Gasteiger partial charge in [-0.05, 0) is 50.5 Å². The second-order valence-corrected chi connectivity index (χ2v) is 9.33. The van der Waals surface area contributed by atoms with Gasteiger partial charge in [0.2, 0.25) is 6.54 Å². The number of aryl methyl sites for hydroxylation is 2. The third kappa shape index (κ3) is 3.05. The van der Waals surface area contributed by atoms with Gasteiger partial charge < -0.3 is 28.5 Å². The summed E-state index contributed by atoms with van der Waals surface area (Å²) in [5.74, 6) is 0. The Kier molecular flexibility index (Phi) is 4.98. The average Bonchev–Trinajstić information content (AvgIpc) is 3.16. The van der Waals surface area contributed by atoms with Crippen LogP contribution in [0.2, 0.25) is 0 Å². The molecule has 2 aliphatic heterocycles. The Morgan fingerprint density at radius 2 is 1.96 bits per heavy atom. The molecule has 0 spiro atoms. The van der Waals surface area contributed by atoms with Crippen LogP contribution >= 0.6 is 11.3 Å². The molecule has 0 atom stereocenters. The Morgan fingerprint density at radius 1 is 1.19 bits per heavy atom. The molecule has 5 rings (SSSR count). The summed E-state index contributed by atoms with van der Waals surface area (Å²) in [5.41, 5.74) is 2.77. The minimum Gasteiger partial charge on any atom is -1.00 e. The molecule has 0 aromatic carbocycles. The van der Waals surface area contributed by atoms with Gasteiger partial charge in [-0.1, -0.05) is 4.68 Å². The van der Waals surface area contributed by atoms with Crippen LogP contribution in [-0.2, 0) is 19.4 Å². The number of rotatable bonds is 2. The molecular formula is C19H26IN4OS+. The van der Waals surface area contributed by atoms with Gasteiger partial charge in [0.15, 0.2) is 4.83 Å². The Morgan fingerprint density at radius 3 is 2.77 bits per heavy atom. The number of nitrogens with zero attached hydrogens (tertiary/aromatic N) is 4. The molecule has 1 aliphatic carbocycles. The average molecular weight is 485 g/mol. The SMILES string of the molecule is C[N+]1(CC2=Cn3c(=O)c4c5c(sc4n[n+]3C2)CCCC5)CCCCC1.[I-]. The van der Waals surface area contributed by atoms with Crippen LogP contribution in [-0.4, -0.2) is 40.9 Å². The van der Waals surface area contributed by atoms with Crippen molar-refractivity contribution in [1.29, 1.82) is 0 Å². The molecule has 5 nitrogen and oxygen atoms in total. The van der Waals surface area contributed by atoms with Crippen molar-refractivity contribution in [3.63, 3.8) is 0 Å². The van der Waals surface area contributed by atoms with Gasteiger partial charge >= 0.3 is 5.56 Å². The van der Waals surface area contributed by atoms with Crippen molar-refractivity contribution < 1.29 is 33.3 Å². The normalized spacial score (nSPS) is 21.0. The first kappa shape index (κ1) is 18.6. The van der Waals surface area contributed by atoms with Crippen molar-refractivity contribution >= 4 is 27.8 Å². The second kappa shape index (κ2) is 6.98. The van der Waals surface area contributed by atoms with Crippen molar-refractivity contribution in [2.24, 2.45) is 0 Å². The van der Waals surface area contributed by atoms with Crippen molar-refractivity contribution in [2.45, 2.75) is 51.5 Å². The number of piperidine rings is 1. The monoisotopic (exact) mass is 485 g/mol. The smallest absolute Gasteiger partial charge is 0.319 e. The zero-order chi connectivity index (χ0) is 17.0. The van der Waals surface area contributed by atoms with E-state index in [4.69, 9.17) is 5.10 Å². The number of hydrogen-bond acceptors (Lipinski definition) is 3. The topological polar surface area (TPSA) is 38.8 Å². The first-order valence-electron chi connectivity index (χ1n) is 9.63. The highest BCUT2D eigenvalue weighted by Crippen LogP contribution is 2.33. The molecule has 1 fully saturated rings. The van der Waals surface area contributed by atoms with E-state index in [0.29, 0.717) is 0 Å². The Bertz CT molecular complexity index is 939. The summed E-state index contributed by atoms with van der Waals surface area (Å²) in [7, 11) is 2.36. The lowest BCUT2D eigenvalue weighted by Crippen LogP contribution is -3.00. The van der Waals surface area contributed by atoms with E-state index < -0.39 is 0 Å². The lowest BCUT2D eigenvalue weighted by atomic mass is 9.97. The number of aromatic nitrogens is 3. The lowest BCUT2D eigenvalue weighted by molar-refractivity contribution is -0.911. The fourth-order valence-electron chi connectivity index (χ4n) is 4.86. The predicted molar refractivity (Wildman–Crippen MR) is 99.6 cm³/mol. The van der Waals surface area contributed by atoms with Gasteiger partial charge in [0.1, 0.15) is 6.54 Å². The zero-order valence-corrected chi connectivity index (χ0v) is 18.3. The van der Waals surface area contributed by atoms with E-state index in [1.165, 1.54) is 61.2 Å². The lowest BCUT2D eigenvalue weighted by Gasteiger charge is -2.37. The Labute approximate surface area is 174 Å². The van der Waals surface area contributed by atoms with Gasteiger partial charge in [0.05, 0.1) is 37.3 Å². The standard InChI is InChI=1S/C19H26N4OS.HI/c1-23(9-5-2-6-10-23)13-14-11-21-19(24)17-15-7-3-4-8-16(15)25-18(17)20-22(21)12-14;/h11H,2-10,12-13H2,1H3;1H/q+2;/p-1. The molecular weight excluding hydrogens is 459 g/mol. The summed E-state index contributed by atoms with van der Waals surface area (Å²) < 4.78 is 2.88. The van der Waals surface area contributed by atoms with Crippen molar-refractivity contribution in [3.8, 4) is 0 Å². The molecule has 7 heteroatoms. The van der Waals surface area contributed by atoms with E-state index in [1.54, 1.807) is 16.0 Å². The molecule has 0 unspecified atom stereocenters. The summed E-state index contributed by atoms with van der Waals surface area (Å²) in [6.07, 6.45) is 10.7. The molecule has 2 aromatic rings. The molecule has 140 valence electrons. The van der Waals surface area contributed by atoms with Crippen LogP contribution in [0.3, 0.4) is 0 Å². The third-order valence-corrected chi connectivity index (χ3v) is 7.34. The van der Waals surface area contributed by atoms with Crippen molar-refractivity contribution in [3.05, 3.63) is 26.4 Å². The third-order valence-electron chi connectivity index (χ3n) is 6.16. The summed E-state index contributed by atoms with van der Waals surface area (Å²) in [5, 5.41) is 5.72. The van der Waals surface area contributed by atoms with Gasteiger partial charge in [-0.2, -0.15) is 0 Å². The van der Waals surface area contributed by atoms with Crippen molar-refractivity contribution in [1.82, 2.24) is 9.78 Å². The highest BCUT2D eigenvalue weighted by molar-refractivity contribution is 7.18. The Hall–Kier alpha value is -0.800. The van der Waals surface area contributed by atoms with Gasteiger partial charge in [-0.15, -0.1) is 11.3 Å². The van der Waals surface area contributed by atoms with E-state index in [0.717, 1.165) is 40.6 Å². The van der Waals surface area contributed by atoms with Crippen molar-refractivity contribution in [2.75, 3.05) is 26.7 Å². The van der Waals surface area contributed by atoms with E-state index in [9.17, 15) is 4.79 Å². The molecule has 0 bridgehead atoms. The maximum Gasteiger partial charge on any atom is 0.319 e. The first-order chi connectivity index (χ1) is 12.1. The van der Waals surface area contributed by atoms with Gasteiger partial charge in [0, 0.05) is 14.8 Å². The number of likely N-dealkylation sites (N-methyl/N-ethyl adjacent to an activating group) is 1. The minimum atomic E-state index is 0. The highest BCUT2D eigenvalue weighted by atomic mass is 127. The van der Waals surface area contributed by atoms with E-state index in [-0.39, 0.29) is 29.5 Å². The first-order valence-corrected chi connectivity index (χ1v) is 10.4. The maximum absolute atomic E-state index is 13.1. The fraction of sp³-hybridized carbons (Fsp3) is 0.632. The molecule has 0 saturated carbocycles. The number of quaternary nitrogens is 1. The minimum absolute atomic E-state index is 0. The van der Waals surface area contributed by atoms with Crippen LogP contribution in [0.5, 0.6) is 0 Å². The van der Waals surface area contributed by atoms with Crippen LogP contribution in [0.4, 0.5) is 0 Å². The fourth-order valence-corrected chi connectivity index (χ4v) is 6.12. The van der Waals surface area contributed by atoms with Gasteiger partial charge in [0.25, 0.3) is 0 Å². The maximum atomic E-state index is 13.1. The van der Waals surface area contributed by atoms with Crippen LogP contribution < -0.4 is 34.3 Å². The molecule has 0 N–H and O–H groups in total. The van der Waals surface area contributed by atoms with Crippen LogP contribution in [0.1, 0.15) is 42.5 Å². The van der Waals surface area contributed by atoms with Crippen LogP contribution in [0, 0.1) is 0 Å². The Balaban J connectivity index is 0.00000168. The molecule has 4 heterocycles. The van der Waals surface area contributed by atoms with Gasteiger partial charge in [-0.25, -0.2) is 0 Å². The summed E-state index contributed by atoms with van der Waals surface area (Å²) in [6, 6.07) is 0. The quantitative estimate of drug-likeness (QED) is 0.315. The number of hydrogen-bond donors (Lipinski definition) is 0. The van der Waals surface area contributed by atoms with E-state index in [1.807, 2.05) is 4.80 Å². The molecule has 0 amide bonds. The molecule has 1 saturated heterocycles. The second-order valence-electron chi connectivity index (χ2n) is 8.24. The van der Waals surface area contributed by atoms with Crippen LogP contribution in [0.15, 0.2) is 10.4 Å². The number of halogens is 1. The largest absolute Gasteiger partial charge is 1.00 e. The van der Waals surface area contributed by atoms with Gasteiger partial charge in [-0.3, -0.25) is 4.79 Å². The number of likely N-dealkylation sites (tertiary alicyclic amines) is 1. The molecule has 26 heavy (non-hydrogen) atoms. The molecule has 0 radical (unpaired) electrons. The predicted octanol–water partition coefficient (Wildman–Crippen LogP) is -0.887. The summed E-state index contributed by atoms with van der Waals surface area (Å²) >= 11 is 1.74. The van der Waals surface area contributed by atoms with E-state index >= 15 is 0 Å². The summed E-state index contributed by atoms with van der Waals surface area (Å²) in [4.78, 5) is 17.4. The number of thiophene rings is 1. The molecule has 2 aromatic heterocycles.